The van der Waals surface area contributed by atoms with E-state index < -0.39 is 21.1 Å². The van der Waals surface area contributed by atoms with Gasteiger partial charge in [-0.2, -0.15) is 13.2 Å². The van der Waals surface area contributed by atoms with Gasteiger partial charge in [0.2, 0.25) is 0 Å². The number of rotatable bonds is 1. The molecule has 9 heteroatoms. The molecule has 1 aliphatic heterocycles. The van der Waals surface area contributed by atoms with Crippen LogP contribution in [0.4, 0.5) is 13.2 Å². The van der Waals surface area contributed by atoms with Crippen LogP contribution in [0.25, 0.3) is 0 Å². The van der Waals surface area contributed by atoms with Gasteiger partial charge in [0.25, 0.3) is 9.05 Å². The molecule has 20 heavy (non-hydrogen) atoms. The van der Waals surface area contributed by atoms with Gasteiger partial charge in [0.05, 0.1) is 4.90 Å². The number of hydrogen-bond acceptors (Lipinski definition) is 3. The SMILES string of the molecule is O=C(N1CCc2cc(S(=O)(=O)Cl)ccc2C1)C(F)(F)F. The first kappa shape index (κ1) is 15.1. The lowest BCUT2D eigenvalue weighted by atomic mass is 10.00. The smallest absolute Gasteiger partial charge is 0.330 e. The fourth-order valence-electron chi connectivity index (χ4n) is 2.03. The Kier molecular flexibility index (Phi) is 3.72. The average molecular weight is 328 g/mol. The van der Waals surface area contributed by atoms with Gasteiger partial charge in [-0.05, 0) is 29.7 Å². The molecule has 4 nitrogen and oxygen atoms in total. The van der Waals surface area contributed by atoms with Crippen molar-refractivity contribution in [1.29, 1.82) is 0 Å². The van der Waals surface area contributed by atoms with Crippen LogP contribution in [-0.2, 0) is 26.8 Å². The maximum atomic E-state index is 12.3. The summed E-state index contributed by atoms with van der Waals surface area (Å²) in [7, 11) is 1.32. The zero-order chi connectivity index (χ0) is 15.1. The molecule has 0 spiro atoms. The van der Waals surface area contributed by atoms with Gasteiger partial charge < -0.3 is 4.90 Å². The highest BCUT2D eigenvalue weighted by atomic mass is 35.7. The largest absolute Gasteiger partial charge is 0.471 e. The van der Waals surface area contributed by atoms with Crippen LogP contribution in [0.1, 0.15) is 11.1 Å². The van der Waals surface area contributed by atoms with Gasteiger partial charge >= 0.3 is 12.1 Å². The highest BCUT2D eigenvalue weighted by Crippen LogP contribution is 2.27. The van der Waals surface area contributed by atoms with E-state index in [2.05, 4.69) is 0 Å². The van der Waals surface area contributed by atoms with E-state index in [-0.39, 0.29) is 24.4 Å². The van der Waals surface area contributed by atoms with Crippen molar-refractivity contribution in [2.75, 3.05) is 6.54 Å². The lowest BCUT2D eigenvalue weighted by molar-refractivity contribution is -0.186. The second-order valence-corrected chi connectivity index (χ2v) is 6.91. The molecule has 2 rings (SSSR count). The normalized spacial score (nSPS) is 15.9. The van der Waals surface area contributed by atoms with E-state index in [9.17, 15) is 26.4 Å². The molecule has 110 valence electrons. The molecule has 0 N–H and O–H groups in total. The second kappa shape index (κ2) is 4.92. The van der Waals surface area contributed by atoms with Crippen LogP contribution < -0.4 is 0 Å². The summed E-state index contributed by atoms with van der Waals surface area (Å²) in [5, 5.41) is 0. The summed E-state index contributed by atoms with van der Waals surface area (Å²) in [5.41, 5.74) is 1.07. The Morgan fingerprint density at radius 3 is 2.45 bits per heavy atom. The standard InChI is InChI=1S/C11H9ClF3NO3S/c12-20(18,19)9-2-1-8-6-16(4-3-7(8)5-9)10(17)11(13,14)15/h1-2,5H,3-4,6H2. The van der Waals surface area contributed by atoms with Crippen LogP contribution in [0.5, 0.6) is 0 Å². The zero-order valence-corrected chi connectivity index (χ0v) is 11.5. The van der Waals surface area contributed by atoms with Gasteiger partial charge in [-0.15, -0.1) is 0 Å². The van der Waals surface area contributed by atoms with Crippen molar-refractivity contribution in [1.82, 2.24) is 4.90 Å². The Morgan fingerprint density at radius 1 is 1.25 bits per heavy atom. The molecule has 0 bridgehead atoms. The van der Waals surface area contributed by atoms with Crippen molar-refractivity contribution in [3.05, 3.63) is 29.3 Å². The van der Waals surface area contributed by atoms with Crippen LogP contribution in [0, 0.1) is 0 Å². The van der Waals surface area contributed by atoms with Crippen LogP contribution in [-0.4, -0.2) is 31.9 Å². The molecular formula is C11H9ClF3NO3S. The predicted molar refractivity (Wildman–Crippen MR) is 64.7 cm³/mol. The number of fused-ring (bicyclic) bond motifs is 1. The van der Waals surface area contributed by atoms with Gasteiger partial charge in [-0.1, -0.05) is 6.07 Å². The number of carbonyl (C=O) groups excluding carboxylic acids is 1. The molecule has 0 aliphatic carbocycles. The first-order chi connectivity index (χ1) is 9.09. The van der Waals surface area contributed by atoms with Gasteiger partial charge in [0.15, 0.2) is 0 Å². The van der Waals surface area contributed by atoms with E-state index in [0.29, 0.717) is 16.0 Å². The highest BCUT2D eigenvalue weighted by molar-refractivity contribution is 8.13. The molecule has 1 amide bonds. The second-order valence-electron chi connectivity index (χ2n) is 4.34. The van der Waals surface area contributed by atoms with Gasteiger partial charge in [0, 0.05) is 23.8 Å². The molecule has 1 aromatic rings. The Morgan fingerprint density at radius 2 is 1.90 bits per heavy atom. The molecule has 0 unspecified atom stereocenters. The van der Waals surface area contributed by atoms with Crippen molar-refractivity contribution in [2.45, 2.75) is 24.0 Å². The third kappa shape index (κ3) is 3.06. The Bertz CT molecular complexity index is 657. The molecule has 0 fully saturated rings. The molecule has 1 aliphatic rings. The van der Waals surface area contributed by atoms with Crippen LogP contribution in [0.2, 0.25) is 0 Å². The quantitative estimate of drug-likeness (QED) is 0.742. The number of amides is 1. The van der Waals surface area contributed by atoms with E-state index in [1.807, 2.05) is 0 Å². The van der Waals surface area contributed by atoms with Gasteiger partial charge in [-0.3, -0.25) is 4.79 Å². The summed E-state index contributed by atoms with van der Waals surface area (Å²) < 4.78 is 59.4. The molecule has 0 aromatic heterocycles. The van der Waals surface area contributed by atoms with Crippen molar-refractivity contribution < 1.29 is 26.4 Å². The number of alkyl halides is 3. The van der Waals surface area contributed by atoms with Gasteiger partial charge in [0.1, 0.15) is 0 Å². The molecule has 0 radical (unpaired) electrons. The molecular weight excluding hydrogens is 319 g/mol. The maximum absolute atomic E-state index is 12.3. The first-order valence-corrected chi connectivity index (χ1v) is 7.82. The number of carbonyl (C=O) groups is 1. The van der Waals surface area contributed by atoms with Crippen LogP contribution >= 0.6 is 10.7 Å². The molecule has 1 heterocycles. The molecule has 0 atom stereocenters. The topological polar surface area (TPSA) is 54.5 Å². The summed E-state index contributed by atoms with van der Waals surface area (Å²) in [6, 6.07) is 3.91. The van der Waals surface area contributed by atoms with Crippen molar-refractivity contribution in [2.24, 2.45) is 0 Å². The van der Waals surface area contributed by atoms with E-state index in [1.165, 1.54) is 18.2 Å². The fourth-order valence-corrected chi connectivity index (χ4v) is 2.84. The molecule has 0 saturated carbocycles. The van der Waals surface area contributed by atoms with Crippen LogP contribution in [0.15, 0.2) is 23.1 Å². The predicted octanol–water partition coefficient (Wildman–Crippen LogP) is 2.06. The summed E-state index contributed by atoms with van der Waals surface area (Å²) in [5.74, 6) is -1.89. The number of benzene rings is 1. The molecule has 1 aromatic carbocycles. The molecule has 0 saturated heterocycles. The maximum Gasteiger partial charge on any atom is 0.471 e. The van der Waals surface area contributed by atoms with E-state index in [0.717, 1.165) is 0 Å². The number of hydrogen-bond donors (Lipinski definition) is 0. The minimum absolute atomic E-state index is 0.103. The Hall–Kier alpha value is -1.28. The Balaban J connectivity index is 2.27. The van der Waals surface area contributed by atoms with E-state index in [1.54, 1.807) is 0 Å². The van der Waals surface area contributed by atoms with E-state index in [4.69, 9.17) is 10.7 Å². The number of halogens is 4. The Labute approximate surface area is 117 Å². The summed E-state index contributed by atoms with van der Waals surface area (Å²) in [6.45, 7) is -0.312. The monoisotopic (exact) mass is 327 g/mol. The minimum atomic E-state index is -4.91. The number of nitrogens with zero attached hydrogens (tertiary/aromatic N) is 1. The van der Waals surface area contributed by atoms with Crippen molar-refractivity contribution in [3.8, 4) is 0 Å². The zero-order valence-electron chi connectivity index (χ0n) is 9.95. The van der Waals surface area contributed by atoms with Crippen molar-refractivity contribution >= 4 is 25.6 Å². The fraction of sp³-hybridized carbons (Fsp3) is 0.364. The minimum Gasteiger partial charge on any atom is -0.330 e. The lowest BCUT2D eigenvalue weighted by Gasteiger charge is -2.29. The third-order valence-corrected chi connectivity index (χ3v) is 4.35. The van der Waals surface area contributed by atoms with Gasteiger partial charge in [-0.25, -0.2) is 8.42 Å². The average Bonchev–Trinajstić information content (AvgIpc) is 2.34. The highest BCUT2D eigenvalue weighted by Gasteiger charge is 2.43. The van der Waals surface area contributed by atoms with Crippen LogP contribution in [0.3, 0.4) is 0 Å². The third-order valence-electron chi connectivity index (χ3n) is 3.00. The summed E-state index contributed by atoms with van der Waals surface area (Å²) in [6.07, 6.45) is -4.76. The summed E-state index contributed by atoms with van der Waals surface area (Å²) >= 11 is 0. The van der Waals surface area contributed by atoms with E-state index >= 15 is 0 Å². The summed E-state index contributed by atoms with van der Waals surface area (Å²) in [4.78, 5) is 11.7. The first-order valence-electron chi connectivity index (χ1n) is 5.51. The lowest BCUT2D eigenvalue weighted by Crippen LogP contribution is -2.43. The van der Waals surface area contributed by atoms with Crippen molar-refractivity contribution in [3.63, 3.8) is 0 Å².